The highest BCUT2D eigenvalue weighted by molar-refractivity contribution is 5.76. The topological polar surface area (TPSA) is 83.8 Å². The first kappa shape index (κ1) is 10.7. The molecular weight excluding hydrogens is 162 g/mol. The van der Waals surface area contributed by atoms with Gasteiger partial charge in [-0.3, -0.25) is 9.59 Å². The van der Waals surface area contributed by atoms with Crippen LogP contribution in [0.25, 0.3) is 0 Å². The van der Waals surface area contributed by atoms with Crippen molar-refractivity contribution in [2.24, 2.45) is 5.18 Å². The van der Waals surface area contributed by atoms with Gasteiger partial charge in [-0.1, -0.05) is 6.42 Å². The third kappa shape index (κ3) is 6.85. The smallest absolute Gasteiger partial charge is 0.303 e. The minimum atomic E-state index is -0.838. The van der Waals surface area contributed by atoms with E-state index in [2.05, 4.69) is 5.18 Å². The number of aliphatic carboxylic acids is 1. The van der Waals surface area contributed by atoms with Crippen LogP contribution in [0.1, 0.15) is 32.1 Å². The van der Waals surface area contributed by atoms with E-state index in [0.717, 1.165) is 0 Å². The second-order valence-corrected chi connectivity index (χ2v) is 2.44. The van der Waals surface area contributed by atoms with Crippen LogP contribution in [-0.4, -0.2) is 17.0 Å². The number of amides is 1. The van der Waals surface area contributed by atoms with Crippen LogP contribution in [-0.2, 0) is 9.59 Å². The van der Waals surface area contributed by atoms with E-state index in [0.29, 0.717) is 19.3 Å². The lowest BCUT2D eigenvalue weighted by Crippen LogP contribution is -1.95. The predicted octanol–water partition coefficient (Wildman–Crippen LogP) is 1.31. The Kier molecular flexibility index (Phi) is 5.77. The lowest BCUT2D eigenvalue weighted by molar-refractivity contribution is -0.137. The van der Waals surface area contributed by atoms with Gasteiger partial charge in [0.1, 0.15) is 0 Å². The second kappa shape index (κ2) is 6.45. The molecular formula is C7H11NO4. The van der Waals surface area contributed by atoms with Crippen LogP contribution in [0.5, 0.6) is 0 Å². The molecule has 1 amide bonds. The minimum absolute atomic E-state index is 0.114. The summed E-state index contributed by atoms with van der Waals surface area (Å²) in [5.74, 6) is -1.50. The van der Waals surface area contributed by atoms with E-state index in [9.17, 15) is 14.5 Å². The quantitative estimate of drug-likeness (QED) is 0.484. The van der Waals surface area contributed by atoms with Crippen molar-refractivity contribution in [1.82, 2.24) is 0 Å². The van der Waals surface area contributed by atoms with Gasteiger partial charge in [-0.25, -0.2) is 0 Å². The van der Waals surface area contributed by atoms with Crippen molar-refractivity contribution in [3.8, 4) is 0 Å². The summed E-state index contributed by atoms with van der Waals surface area (Å²) in [5.41, 5.74) is 0. The molecule has 0 unspecified atom stereocenters. The molecule has 0 rings (SSSR count). The largest absolute Gasteiger partial charge is 0.481 e. The first-order valence-electron chi connectivity index (χ1n) is 3.75. The molecule has 68 valence electrons. The van der Waals surface area contributed by atoms with Gasteiger partial charge >= 0.3 is 5.97 Å². The Morgan fingerprint density at radius 3 is 2.17 bits per heavy atom. The first-order chi connectivity index (χ1) is 5.66. The van der Waals surface area contributed by atoms with Crippen molar-refractivity contribution in [3.63, 3.8) is 0 Å². The lowest BCUT2D eigenvalue weighted by atomic mass is 10.1. The van der Waals surface area contributed by atoms with Gasteiger partial charge in [0.25, 0.3) is 5.91 Å². The summed E-state index contributed by atoms with van der Waals surface area (Å²) in [6, 6.07) is 0. The Bertz CT molecular complexity index is 178. The van der Waals surface area contributed by atoms with Gasteiger partial charge in [-0.2, -0.15) is 0 Å². The molecule has 0 aliphatic rings. The summed E-state index contributed by atoms with van der Waals surface area (Å²) in [6.07, 6.45) is 1.97. The number of rotatable bonds is 6. The summed E-state index contributed by atoms with van der Waals surface area (Å²) in [7, 11) is 0. The fourth-order valence-corrected chi connectivity index (χ4v) is 0.775. The Hall–Kier alpha value is -1.26. The van der Waals surface area contributed by atoms with Crippen LogP contribution in [0.2, 0.25) is 0 Å². The van der Waals surface area contributed by atoms with E-state index in [1.807, 2.05) is 0 Å². The molecule has 0 radical (unpaired) electrons. The Morgan fingerprint density at radius 2 is 1.67 bits per heavy atom. The molecule has 0 aromatic carbocycles. The highest BCUT2D eigenvalue weighted by Gasteiger charge is 2.00. The summed E-state index contributed by atoms with van der Waals surface area (Å²) in [5, 5.41) is 10.4. The van der Waals surface area contributed by atoms with Crippen molar-refractivity contribution in [2.45, 2.75) is 32.1 Å². The first-order valence-corrected chi connectivity index (χ1v) is 3.75. The van der Waals surface area contributed by atoms with Crippen molar-refractivity contribution >= 4 is 11.9 Å². The molecule has 0 fully saturated rings. The fraction of sp³-hybridized carbons (Fsp3) is 0.714. The monoisotopic (exact) mass is 173 g/mol. The number of unbranched alkanes of at least 4 members (excludes halogenated alkanes) is 2. The average Bonchev–Trinajstić information content (AvgIpc) is 2.03. The van der Waals surface area contributed by atoms with Gasteiger partial charge in [0.05, 0.1) is 0 Å². The molecule has 0 saturated carbocycles. The highest BCUT2D eigenvalue weighted by atomic mass is 16.4. The van der Waals surface area contributed by atoms with Crippen LogP contribution < -0.4 is 0 Å². The maximum Gasteiger partial charge on any atom is 0.303 e. The van der Waals surface area contributed by atoms with Crippen LogP contribution in [0.3, 0.4) is 0 Å². The normalized spacial score (nSPS) is 9.33. The van der Waals surface area contributed by atoms with Gasteiger partial charge in [0, 0.05) is 18.0 Å². The number of nitroso groups, excluding NO2 is 1. The zero-order valence-electron chi connectivity index (χ0n) is 6.65. The van der Waals surface area contributed by atoms with E-state index < -0.39 is 11.9 Å². The molecule has 0 aromatic rings. The number of carbonyl (C=O) groups excluding carboxylic acids is 1. The maximum atomic E-state index is 10.3. The number of carboxylic acids is 1. The van der Waals surface area contributed by atoms with E-state index >= 15 is 0 Å². The van der Waals surface area contributed by atoms with Crippen LogP contribution in [0, 0.1) is 4.91 Å². The fourth-order valence-electron chi connectivity index (χ4n) is 0.775. The standard InChI is InChI=1S/C7H11NO4/c9-6(8-12)4-2-1-3-5-7(10)11/h1-5H2,(H,10,11). The molecule has 0 aliphatic heterocycles. The molecule has 5 heteroatoms. The van der Waals surface area contributed by atoms with Crippen LogP contribution in [0.15, 0.2) is 5.18 Å². The van der Waals surface area contributed by atoms with E-state index in [1.54, 1.807) is 0 Å². The molecule has 0 saturated heterocycles. The van der Waals surface area contributed by atoms with Crippen molar-refractivity contribution in [1.29, 1.82) is 0 Å². The average molecular weight is 173 g/mol. The SMILES string of the molecule is O=NC(=O)CCCCCC(=O)O. The molecule has 5 nitrogen and oxygen atoms in total. The molecule has 0 bridgehead atoms. The van der Waals surface area contributed by atoms with Crippen molar-refractivity contribution in [2.75, 3.05) is 0 Å². The molecule has 0 aliphatic carbocycles. The summed E-state index contributed by atoms with van der Waals surface area (Å²) < 4.78 is 0. The van der Waals surface area contributed by atoms with Gasteiger partial charge < -0.3 is 5.11 Å². The lowest BCUT2D eigenvalue weighted by Gasteiger charge is -1.94. The third-order valence-corrected chi connectivity index (χ3v) is 1.38. The number of carboxylic acid groups (broad SMARTS) is 1. The molecule has 12 heavy (non-hydrogen) atoms. The van der Waals surface area contributed by atoms with E-state index in [4.69, 9.17) is 5.11 Å². The van der Waals surface area contributed by atoms with Gasteiger partial charge in [-0.05, 0) is 12.8 Å². The van der Waals surface area contributed by atoms with Crippen LogP contribution in [0.4, 0.5) is 0 Å². The number of hydrogen-bond donors (Lipinski definition) is 1. The zero-order valence-corrected chi connectivity index (χ0v) is 6.65. The van der Waals surface area contributed by atoms with E-state index in [-0.39, 0.29) is 12.8 Å². The predicted molar refractivity (Wildman–Crippen MR) is 41.5 cm³/mol. The highest BCUT2D eigenvalue weighted by Crippen LogP contribution is 2.03. The molecule has 0 spiro atoms. The summed E-state index contributed by atoms with van der Waals surface area (Å²) >= 11 is 0. The number of hydrogen-bond acceptors (Lipinski definition) is 3. The third-order valence-electron chi connectivity index (χ3n) is 1.38. The Balaban J connectivity index is 3.16. The number of carbonyl (C=O) groups is 2. The van der Waals surface area contributed by atoms with E-state index in [1.165, 1.54) is 0 Å². The van der Waals surface area contributed by atoms with Crippen molar-refractivity contribution < 1.29 is 14.7 Å². The Labute approximate surface area is 69.7 Å². The molecule has 1 N–H and O–H groups in total. The van der Waals surface area contributed by atoms with Gasteiger partial charge in [-0.15, -0.1) is 4.91 Å². The molecule has 0 heterocycles. The van der Waals surface area contributed by atoms with Crippen molar-refractivity contribution in [3.05, 3.63) is 4.91 Å². The minimum Gasteiger partial charge on any atom is -0.481 e. The zero-order chi connectivity index (χ0) is 9.40. The van der Waals surface area contributed by atoms with Gasteiger partial charge in [0.2, 0.25) is 0 Å². The molecule has 0 atom stereocenters. The Morgan fingerprint density at radius 1 is 1.08 bits per heavy atom. The number of nitrogens with zero attached hydrogens (tertiary/aromatic N) is 1. The maximum absolute atomic E-state index is 10.3. The molecule has 0 aromatic heterocycles. The van der Waals surface area contributed by atoms with Crippen LogP contribution >= 0.6 is 0 Å². The summed E-state index contributed by atoms with van der Waals surface area (Å²) in [6.45, 7) is 0. The summed E-state index contributed by atoms with van der Waals surface area (Å²) in [4.78, 5) is 29.9. The van der Waals surface area contributed by atoms with Gasteiger partial charge in [0.15, 0.2) is 0 Å². The second-order valence-electron chi connectivity index (χ2n) is 2.44.